The van der Waals surface area contributed by atoms with Crippen molar-refractivity contribution in [2.75, 3.05) is 26.1 Å². The first-order valence-corrected chi connectivity index (χ1v) is 8.12. The molecular formula is C17H19NO5S. The number of amides is 1. The minimum absolute atomic E-state index is 0.304. The number of methoxy groups -OCH3 is 2. The van der Waals surface area contributed by atoms with Gasteiger partial charge in [0.2, 0.25) is 0 Å². The minimum atomic E-state index is -0.389. The molecule has 2 rings (SSSR count). The molecule has 6 nitrogen and oxygen atoms in total. The van der Waals surface area contributed by atoms with Crippen LogP contribution in [0, 0.1) is 6.92 Å². The summed E-state index contributed by atoms with van der Waals surface area (Å²) in [6, 6.07) is 6.71. The number of anilines is 1. The lowest BCUT2D eigenvalue weighted by molar-refractivity contribution is 0.0531. The molecule has 1 aromatic carbocycles. The number of nitrogens with one attached hydrogen (secondary N) is 1. The van der Waals surface area contributed by atoms with E-state index in [0.29, 0.717) is 33.5 Å². The largest absolute Gasteiger partial charge is 0.497 e. The Kier molecular flexibility index (Phi) is 5.81. The van der Waals surface area contributed by atoms with Crippen LogP contribution in [0.4, 0.5) is 5.00 Å². The molecule has 2 aromatic rings. The lowest BCUT2D eigenvalue weighted by Gasteiger charge is -2.10. The van der Waals surface area contributed by atoms with Crippen LogP contribution in [0.3, 0.4) is 0 Å². The lowest BCUT2D eigenvalue weighted by atomic mass is 10.1. The van der Waals surface area contributed by atoms with Crippen molar-refractivity contribution in [1.82, 2.24) is 0 Å². The average molecular weight is 349 g/mol. The Morgan fingerprint density at radius 1 is 1.17 bits per heavy atom. The van der Waals surface area contributed by atoms with Gasteiger partial charge < -0.3 is 19.5 Å². The van der Waals surface area contributed by atoms with Crippen LogP contribution in [0.25, 0.3) is 0 Å². The molecule has 1 heterocycles. The number of aryl methyl sites for hydroxylation is 1. The molecule has 1 N–H and O–H groups in total. The first kappa shape index (κ1) is 17.8. The van der Waals surface area contributed by atoms with Crippen LogP contribution in [-0.4, -0.2) is 32.7 Å². The number of carbonyl (C=O) groups is 2. The maximum Gasteiger partial charge on any atom is 0.348 e. The predicted octanol–water partition coefficient (Wildman–Crippen LogP) is 3.50. The van der Waals surface area contributed by atoms with Crippen LogP contribution in [-0.2, 0) is 4.74 Å². The summed E-state index contributed by atoms with van der Waals surface area (Å²) in [7, 11) is 3.02. The summed E-state index contributed by atoms with van der Waals surface area (Å²) in [5.74, 6) is 0.254. The Morgan fingerprint density at radius 2 is 1.92 bits per heavy atom. The highest BCUT2D eigenvalue weighted by Crippen LogP contribution is 2.30. The molecule has 128 valence electrons. The standard InChI is InChI=1S/C17H19NO5S/c1-5-23-17(20)15-10(2)8-14(24-15)18-16(19)12-9-11(21-3)6-7-13(12)22-4/h6-9H,5H2,1-4H3,(H,18,19). The molecule has 7 heteroatoms. The molecule has 0 aliphatic carbocycles. The number of thiophene rings is 1. The minimum Gasteiger partial charge on any atom is -0.497 e. The Morgan fingerprint density at radius 3 is 2.54 bits per heavy atom. The van der Waals surface area contributed by atoms with Gasteiger partial charge >= 0.3 is 5.97 Å². The molecule has 0 spiro atoms. The normalized spacial score (nSPS) is 10.2. The molecule has 24 heavy (non-hydrogen) atoms. The molecule has 0 aliphatic heterocycles. The molecule has 1 amide bonds. The third kappa shape index (κ3) is 3.86. The van der Waals surface area contributed by atoms with Crippen LogP contribution in [0.2, 0.25) is 0 Å². The Balaban J connectivity index is 2.24. The van der Waals surface area contributed by atoms with E-state index in [2.05, 4.69) is 5.32 Å². The smallest absolute Gasteiger partial charge is 0.348 e. The van der Waals surface area contributed by atoms with E-state index in [9.17, 15) is 9.59 Å². The summed E-state index contributed by atoms with van der Waals surface area (Å²) in [6.45, 7) is 3.85. The second-order valence-corrected chi connectivity index (χ2v) is 5.92. The van der Waals surface area contributed by atoms with Gasteiger partial charge in [-0.3, -0.25) is 4.79 Å². The highest BCUT2D eigenvalue weighted by atomic mass is 32.1. The zero-order valence-electron chi connectivity index (χ0n) is 14.0. The van der Waals surface area contributed by atoms with Crippen molar-refractivity contribution in [1.29, 1.82) is 0 Å². The fourth-order valence-corrected chi connectivity index (χ4v) is 3.08. The monoisotopic (exact) mass is 349 g/mol. The van der Waals surface area contributed by atoms with Gasteiger partial charge in [0.25, 0.3) is 5.91 Å². The van der Waals surface area contributed by atoms with E-state index >= 15 is 0 Å². The van der Waals surface area contributed by atoms with Gasteiger partial charge in [-0.25, -0.2) is 4.79 Å². The SMILES string of the molecule is CCOC(=O)c1sc(NC(=O)c2cc(OC)ccc2OC)cc1C. The molecule has 0 saturated carbocycles. The zero-order valence-corrected chi connectivity index (χ0v) is 14.8. The van der Waals surface area contributed by atoms with E-state index in [0.717, 1.165) is 5.56 Å². The maximum absolute atomic E-state index is 12.5. The number of benzene rings is 1. The Bertz CT molecular complexity index is 753. The first-order chi connectivity index (χ1) is 11.5. The maximum atomic E-state index is 12.5. The van der Waals surface area contributed by atoms with Crippen molar-refractivity contribution >= 4 is 28.2 Å². The number of hydrogen-bond donors (Lipinski definition) is 1. The molecule has 0 aliphatic rings. The van der Waals surface area contributed by atoms with Crippen molar-refractivity contribution < 1.29 is 23.8 Å². The third-order valence-electron chi connectivity index (χ3n) is 3.27. The Labute approximate surface area is 144 Å². The van der Waals surface area contributed by atoms with Gasteiger partial charge in [-0.2, -0.15) is 0 Å². The van der Waals surface area contributed by atoms with Gasteiger partial charge in [0.15, 0.2) is 0 Å². The van der Waals surface area contributed by atoms with Crippen LogP contribution in [0.5, 0.6) is 11.5 Å². The van der Waals surface area contributed by atoms with E-state index in [1.807, 2.05) is 0 Å². The van der Waals surface area contributed by atoms with Gasteiger partial charge in [-0.1, -0.05) is 0 Å². The van der Waals surface area contributed by atoms with Crippen LogP contribution >= 0.6 is 11.3 Å². The summed E-state index contributed by atoms with van der Waals surface area (Å²) >= 11 is 1.18. The van der Waals surface area contributed by atoms with Crippen LogP contribution in [0.15, 0.2) is 24.3 Å². The lowest BCUT2D eigenvalue weighted by Crippen LogP contribution is -2.12. The summed E-state index contributed by atoms with van der Waals surface area (Å²) in [4.78, 5) is 24.9. The topological polar surface area (TPSA) is 73.9 Å². The second-order valence-electron chi connectivity index (χ2n) is 4.86. The second kappa shape index (κ2) is 7.83. The van der Waals surface area contributed by atoms with E-state index < -0.39 is 0 Å². The van der Waals surface area contributed by atoms with Crippen molar-refractivity contribution in [3.05, 3.63) is 40.3 Å². The highest BCUT2D eigenvalue weighted by molar-refractivity contribution is 7.18. The van der Waals surface area contributed by atoms with Gasteiger partial charge in [0.05, 0.1) is 31.4 Å². The summed E-state index contributed by atoms with van der Waals surface area (Å²) < 4.78 is 15.4. The molecule has 0 atom stereocenters. The number of ether oxygens (including phenoxy) is 3. The predicted molar refractivity (Wildman–Crippen MR) is 92.5 cm³/mol. The molecule has 0 bridgehead atoms. The number of esters is 1. The van der Waals surface area contributed by atoms with Crippen molar-refractivity contribution in [3.63, 3.8) is 0 Å². The Hall–Kier alpha value is -2.54. The van der Waals surface area contributed by atoms with E-state index in [4.69, 9.17) is 14.2 Å². The molecular weight excluding hydrogens is 330 g/mol. The van der Waals surface area contributed by atoms with Crippen molar-refractivity contribution in [3.8, 4) is 11.5 Å². The van der Waals surface area contributed by atoms with E-state index in [1.54, 1.807) is 38.1 Å². The van der Waals surface area contributed by atoms with E-state index in [-0.39, 0.29) is 11.9 Å². The fourth-order valence-electron chi connectivity index (χ4n) is 2.11. The van der Waals surface area contributed by atoms with Crippen LogP contribution < -0.4 is 14.8 Å². The number of hydrogen-bond acceptors (Lipinski definition) is 6. The first-order valence-electron chi connectivity index (χ1n) is 7.31. The quantitative estimate of drug-likeness (QED) is 0.808. The number of rotatable bonds is 6. The summed E-state index contributed by atoms with van der Waals surface area (Å²) in [5.41, 5.74) is 1.10. The van der Waals surface area contributed by atoms with Crippen molar-refractivity contribution in [2.45, 2.75) is 13.8 Å². The fraction of sp³-hybridized carbons (Fsp3) is 0.294. The number of carbonyl (C=O) groups excluding carboxylic acids is 2. The third-order valence-corrected chi connectivity index (χ3v) is 4.40. The van der Waals surface area contributed by atoms with Gasteiger partial charge in [0.1, 0.15) is 16.4 Å². The summed E-state index contributed by atoms with van der Waals surface area (Å²) in [5, 5.41) is 3.34. The molecule has 0 saturated heterocycles. The zero-order chi connectivity index (χ0) is 17.7. The van der Waals surface area contributed by atoms with Crippen LogP contribution in [0.1, 0.15) is 32.5 Å². The highest BCUT2D eigenvalue weighted by Gasteiger charge is 2.18. The van der Waals surface area contributed by atoms with Gasteiger partial charge in [0, 0.05) is 0 Å². The average Bonchev–Trinajstić information content (AvgIpc) is 2.94. The van der Waals surface area contributed by atoms with Crippen molar-refractivity contribution in [2.24, 2.45) is 0 Å². The van der Waals surface area contributed by atoms with Gasteiger partial charge in [-0.05, 0) is 43.7 Å². The molecule has 0 radical (unpaired) electrons. The summed E-state index contributed by atoms with van der Waals surface area (Å²) in [6.07, 6.45) is 0. The van der Waals surface area contributed by atoms with E-state index in [1.165, 1.54) is 25.6 Å². The molecule has 1 aromatic heterocycles. The van der Waals surface area contributed by atoms with Gasteiger partial charge in [-0.15, -0.1) is 11.3 Å². The molecule has 0 unspecified atom stereocenters. The molecule has 0 fully saturated rings.